The summed E-state index contributed by atoms with van der Waals surface area (Å²) in [5, 5.41) is 12.0. The van der Waals surface area contributed by atoms with Gasteiger partial charge in [-0.25, -0.2) is 0 Å². The minimum Gasteiger partial charge on any atom is -0.489 e. The lowest BCUT2D eigenvalue weighted by Crippen LogP contribution is -2.36. The first-order chi connectivity index (χ1) is 12.2. The highest BCUT2D eigenvalue weighted by Gasteiger charge is 2.25. The van der Waals surface area contributed by atoms with Gasteiger partial charge in [-0.1, -0.05) is 25.5 Å². The van der Waals surface area contributed by atoms with Crippen LogP contribution in [0.5, 0.6) is 5.75 Å². The fraction of sp³-hybridized carbons (Fsp3) is 0.333. The van der Waals surface area contributed by atoms with E-state index in [0.29, 0.717) is 29.4 Å². The zero-order valence-electron chi connectivity index (χ0n) is 14.4. The number of nitriles is 1. The van der Waals surface area contributed by atoms with Crippen LogP contribution >= 0.6 is 0 Å². The second-order valence-corrected chi connectivity index (χ2v) is 6.61. The van der Waals surface area contributed by atoms with Crippen LogP contribution in [0.1, 0.15) is 47.7 Å². The number of hydrogen-bond acceptors (Lipinski definition) is 3. The summed E-state index contributed by atoms with van der Waals surface area (Å²) in [6.07, 6.45) is 3.43. The molecule has 128 valence electrons. The molecule has 3 rings (SSSR count). The van der Waals surface area contributed by atoms with Gasteiger partial charge in [0.15, 0.2) is 0 Å². The van der Waals surface area contributed by atoms with Crippen LogP contribution in [0.2, 0.25) is 0 Å². The number of nitrogens with zero attached hydrogens (tertiary/aromatic N) is 1. The molecule has 0 aromatic heterocycles. The zero-order valence-corrected chi connectivity index (χ0v) is 14.4. The smallest absolute Gasteiger partial charge is 0.251 e. The summed E-state index contributed by atoms with van der Waals surface area (Å²) < 4.78 is 5.74. The molecular weight excluding hydrogens is 312 g/mol. The van der Waals surface area contributed by atoms with E-state index in [-0.39, 0.29) is 11.9 Å². The predicted octanol–water partition coefficient (Wildman–Crippen LogP) is 4.06. The first kappa shape index (κ1) is 17.0. The highest BCUT2D eigenvalue weighted by molar-refractivity contribution is 5.94. The van der Waals surface area contributed by atoms with E-state index >= 15 is 0 Å². The highest BCUT2D eigenvalue weighted by Crippen LogP contribution is 2.25. The van der Waals surface area contributed by atoms with E-state index in [1.807, 2.05) is 24.3 Å². The molecular formula is C21H22N2O2. The third kappa shape index (κ3) is 4.39. The Bertz CT molecular complexity index is 777. The van der Waals surface area contributed by atoms with Crippen LogP contribution in [0.15, 0.2) is 48.5 Å². The number of benzene rings is 2. The molecule has 2 unspecified atom stereocenters. The van der Waals surface area contributed by atoms with Gasteiger partial charge in [0, 0.05) is 11.6 Å². The van der Waals surface area contributed by atoms with Crippen molar-refractivity contribution in [2.24, 2.45) is 5.92 Å². The Morgan fingerprint density at radius 2 is 2.04 bits per heavy atom. The summed E-state index contributed by atoms with van der Waals surface area (Å²) in [4.78, 5) is 12.5. The molecule has 0 bridgehead atoms. The van der Waals surface area contributed by atoms with Crippen molar-refractivity contribution in [1.29, 1.82) is 5.26 Å². The van der Waals surface area contributed by atoms with Crippen molar-refractivity contribution >= 4 is 5.91 Å². The summed E-state index contributed by atoms with van der Waals surface area (Å²) in [6, 6.07) is 16.9. The lowest BCUT2D eigenvalue weighted by atomic mass is 10.1. The Morgan fingerprint density at radius 3 is 2.72 bits per heavy atom. The molecule has 1 aliphatic carbocycles. The first-order valence-corrected chi connectivity index (χ1v) is 8.68. The summed E-state index contributed by atoms with van der Waals surface area (Å²) >= 11 is 0. The van der Waals surface area contributed by atoms with Gasteiger partial charge >= 0.3 is 0 Å². The van der Waals surface area contributed by atoms with Crippen molar-refractivity contribution < 1.29 is 9.53 Å². The molecule has 1 N–H and O–H groups in total. The zero-order chi connectivity index (χ0) is 17.6. The van der Waals surface area contributed by atoms with Gasteiger partial charge in [-0.05, 0) is 60.7 Å². The molecule has 2 atom stereocenters. The number of nitrogens with one attached hydrogen (secondary N) is 1. The van der Waals surface area contributed by atoms with Gasteiger partial charge in [0.05, 0.1) is 11.6 Å². The minimum atomic E-state index is -0.0148. The predicted molar refractivity (Wildman–Crippen MR) is 96.2 cm³/mol. The molecule has 4 nitrogen and oxygen atoms in total. The maximum Gasteiger partial charge on any atom is 0.251 e. The summed E-state index contributed by atoms with van der Waals surface area (Å²) in [6.45, 7) is 2.58. The van der Waals surface area contributed by atoms with E-state index < -0.39 is 0 Å². The van der Waals surface area contributed by atoms with Crippen molar-refractivity contribution in [2.75, 3.05) is 0 Å². The molecule has 2 aromatic rings. The van der Waals surface area contributed by atoms with Gasteiger partial charge in [0.25, 0.3) is 5.91 Å². The van der Waals surface area contributed by atoms with Crippen molar-refractivity contribution in [3.63, 3.8) is 0 Å². The molecule has 0 aliphatic heterocycles. The molecule has 1 fully saturated rings. The van der Waals surface area contributed by atoms with E-state index in [0.717, 1.165) is 12.0 Å². The Kier molecular flexibility index (Phi) is 5.35. The Morgan fingerprint density at radius 1 is 1.24 bits per heavy atom. The average molecular weight is 334 g/mol. The van der Waals surface area contributed by atoms with Crippen LogP contribution in [0.4, 0.5) is 0 Å². The van der Waals surface area contributed by atoms with Gasteiger partial charge in [0.1, 0.15) is 12.4 Å². The van der Waals surface area contributed by atoms with Crippen LogP contribution in [0, 0.1) is 17.2 Å². The number of hydrogen-bond donors (Lipinski definition) is 1. The lowest BCUT2D eigenvalue weighted by molar-refractivity contribution is 0.0929. The summed E-state index contributed by atoms with van der Waals surface area (Å²) in [7, 11) is 0. The van der Waals surface area contributed by atoms with Crippen molar-refractivity contribution in [2.45, 2.75) is 38.8 Å². The Balaban J connectivity index is 1.60. The van der Waals surface area contributed by atoms with Crippen molar-refractivity contribution in [3.8, 4) is 11.8 Å². The van der Waals surface area contributed by atoms with Crippen molar-refractivity contribution in [1.82, 2.24) is 5.32 Å². The normalized spacial score (nSPS) is 19.2. The lowest BCUT2D eigenvalue weighted by Gasteiger charge is -2.17. The highest BCUT2D eigenvalue weighted by atomic mass is 16.5. The maximum atomic E-state index is 12.5. The first-order valence-electron chi connectivity index (χ1n) is 8.68. The summed E-state index contributed by atoms with van der Waals surface area (Å²) in [5.41, 5.74) is 2.21. The molecule has 0 spiro atoms. The van der Waals surface area contributed by atoms with Crippen LogP contribution in [0.3, 0.4) is 0 Å². The van der Waals surface area contributed by atoms with E-state index in [1.54, 1.807) is 24.3 Å². The average Bonchev–Trinajstić information content (AvgIpc) is 3.05. The Hall–Kier alpha value is -2.80. The largest absolute Gasteiger partial charge is 0.489 e. The minimum absolute atomic E-state index is 0.0148. The van der Waals surface area contributed by atoms with Gasteiger partial charge in [0.2, 0.25) is 0 Å². The third-order valence-electron chi connectivity index (χ3n) is 4.76. The number of carbonyl (C=O) groups is 1. The van der Waals surface area contributed by atoms with Crippen molar-refractivity contribution in [3.05, 3.63) is 65.2 Å². The molecule has 4 heteroatoms. The van der Waals surface area contributed by atoms with Gasteiger partial charge in [-0.3, -0.25) is 4.79 Å². The fourth-order valence-electron chi connectivity index (χ4n) is 3.21. The molecule has 1 saturated carbocycles. The van der Waals surface area contributed by atoms with E-state index in [2.05, 4.69) is 18.3 Å². The molecule has 0 radical (unpaired) electrons. The van der Waals surface area contributed by atoms with E-state index in [9.17, 15) is 4.79 Å². The number of amides is 1. The topological polar surface area (TPSA) is 62.1 Å². The fourth-order valence-corrected chi connectivity index (χ4v) is 3.21. The van der Waals surface area contributed by atoms with Gasteiger partial charge in [-0.2, -0.15) is 5.26 Å². The molecule has 0 heterocycles. The molecule has 0 saturated heterocycles. The molecule has 1 aliphatic rings. The standard InChI is InChI=1S/C21H22N2O2/c1-15-4-2-7-20(15)23-21(24)18-6-3-5-17(12-18)14-25-19-10-8-16(13-22)9-11-19/h3,5-6,8-12,15,20H,2,4,7,14H2,1H3,(H,23,24). The second kappa shape index (κ2) is 7.85. The second-order valence-electron chi connectivity index (χ2n) is 6.61. The maximum absolute atomic E-state index is 12.5. The van der Waals surface area contributed by atoms with Crippen LogP contribution in [-0.2, 0) is 6.61 Å². The van der Waals surface area contributed by atoms with Crippen LogP contribution in [0.25, 0.3) is 0 Å². The molecule has 1 amide bonds. The monoisotopic (exact) mass is 334 g/mol. The van der Waals surface area contributed by atoms with Gasteiger partial charge in [-0.15, -0.1) is 0 Å². The van der Waals surface area contributed by atoms with Crippen LogP contribution in [-0.4, -0.2) is 11.9 Å². The quantitative estimate of drug-likeness (QED) is 0.897. The SMILES string of the molecule is CC1CCCC1NC(=O)c1cccc(COc2ccc(C#N)cc2)c1. The Labute approximate surface area is 148 Å². The number of ether oxygens (including phenoxy) is 1. The molecule has 2 aromatic carbocycles. The van der Waals surface area contributed by atoms with E-state index in [1.165, 1.54) is 12.8 Å². The van der Waals surface area contributed by atoms with Gasteiger partial charge < -0.3 is 10.1 Å². The summed E-state index contributed by atoms with van der Waals surface area (Å²) in [5.74, 6) is 1.24. The number of carbonyl (C=O) groups excluding carboxylic acids is 1. The van der Waals surface area contributed by atoms with Crippen LogP contribution < -0.4 is 10.1 Å². The molecule has 25 heavy (non-hydrogen) atoms. The number of rotatable bonds is 5. The third-order valence-corrected chi connectivity index (χ3v) is 4.76. The van der Waals surface area contributed by atoms with E-state index in [4.69, 9.17) is 10.00 Å².